The molecule has 2 rings (SSSR count). The molecule has 1 aliphatic carbocycles. The molecule has 0 bridgehead atoms. The maximum atomic E-state index is 11.9. The van der Waals surface area contributed by atoms with Crippen LogP contribution in [0.5, 0.6) is 0 Å². The third-order valence-electron chi connectivity index (χ3n) is 4.31. The van der Waals surface area contributed by atoms with E-state index in [0.717, 1.165) is 25.8 Å². The molecule has 0 aromatic carbocycles. The van der Waals surface area contributed by atoms with Crippen molar-refractivity contribution < 1.29 is 4.79 Å². The van der Waals surface area contributed by atoms with E-state index in [9.17, 15) is 4.79 Å². The van der Waals surface area contributed by atoms with Crippen LogP contribution in [0.3, 0.4) is 0 Å². The van der Waals surface area contributed by atoms with Gasteiger partial charge in [-0.25, -0.2) is 0 Å². The fourth-order valence-electron chi connectivity index (χ4n) is 3.10. The largest absolute Gasteiger partial charge is 0.355 e. The summed E-state index contributed by atoms with van der Waals surface area (Å²) < 4.78 is 0. The van der Waals surface area contributed by atoms with Crippen molar-refractivity contribution in [3.05, 3.63) is 0 Å². The van der Waals surface area contributed by atoms with E-state index in [1.807, 2.05) is 0 Å². The highest BCUT2D eigenvalue weighted by atomic mass is 16.2. The maximum Gasteiger partial charge on any atom is 0.237 e. The molecule has 0 aromatic heterocycles. The fourth-order valence-corrected chi connectivity index (χ4v) is 3.10. The van der Waals surface area contributed by atoms with Gasteiger partial charge in [0.15, 0.2) is 0 Å². The molecule has 0 aromatic rings. The zero-order chi connectivity index (χ0) is 12.1. The minimum absolute atomic E-state index is 0.0584. The first-order valence-corrected chi connectivity index (χ1v) is 7.31. The highest BCUT2D eigenvalue weighted by molar-refractivity contribution is 5.81. The number of hydrogen-bond donors (Lipinski definition) is 2. The Labute approximate surface area is 105 Å². The van der Waals surface area contributed by atoms with Crippen molar-refractivity contribution in [1.29, 1.82) is 0 Å². The number of carbonyl (C=O) groups excluding carboxylic acids is 1. The Morgan fingerprint density at radius 2 is 1.82 bits per heavy atom. The number of rotatable bonds is 2. The van der Waals surface area contributed by atoms with Gasteiger partial charge in [0.2, 0.25) is 5.91 Å². The molecule has 1 amide bonds. The molecule has 3 heteroatoms. The molecule has 98 valence electrons. The van der Waals surface area contributed by atoms with Gasteiger partial charge in [-0.2, -0.15) is 0 Å². The third-order valence-corrected chi connectivity index (χ3v) is 4.31. The predicted molar refractivity (Wildman–Crippen MR) is 69.8 cm³/mol. The van der Waals surface area contributed by atoms with Gasteiger partial charge in [0.25, 0.3) is 0 Å². The number of nitrogens with one attached hydrogen (secondary N) is 2. The van der Waals surface area contributed by atoms with E-state index in [2.05, 4.69) is 17.6 Å². The zero-order valence-electron chi connectivity index (χ0n) is 11.0. The maximum absolute atomic E-state index is 11.9. The minimum Gasteiger partial charge on any atom is -0.355 e. The molecule has 1 saturated carbocycles. The lowest BCUT2D eigenvalue weighted by Crippen LogP contribution is -2.49. The van der Waals surface area contributed by atoms with Crippen molar-refractivity contribution in [2.45, 2.75) is 70.4 Å². The fraction of sp³-hybridized carbons (Fsp3) is 0.929. The first-order valence-electron chi connectivity index (χ1n) is 7.31. The van der Waals surface area contributed by atoms with Crippen LogP contribution in [-0.4, -0.2) is 24.5 Å². The second-order valence-corrected chi connectivity index (χ2v) is 5.73. The number of hydrogen-bond acceptors (Lipinski definition) is 2. The standard InChI is InChI=1S/C14H26N2O/c1-11-7-3-2-4-8-12(11)16-13-9-5-6-10-15-14(13)17/h11-13,16H,2-10H2,1H3,(H,15,17). The molecule has 1 saturated heterocycles. The second kappa shape index (κ2) is 6.39. The van der Waals surface area contributed by atoms with Crippen molar-refractivity contribution in [1.82, 2.24) is 10.6 Å². The summed E-state index contributed by atoms with van der Waals surface area (Å²) in [7, 11) is 0. The Morgan fingerprint density at radius 3 is 2.71 bits per heavy atom. The lowest BCUT2D eigenvalue weighted by atomic mass is 9.95. The van der Waals surface area contributed by atoms with E-state index < -0.39 is 0 Å². The van der Waals surface area contributed by atoms with Crippen LogP contribution >= 0.6 is 0 Å². The summed E-state index contributed by atoms with van der Waals surface area (Å²) in [6, 6.07) is 0.606. The molecule has 2 fully saturated rings. The molecule has 0 radical (unpaired) electrons. The molecular weight excluding hydrogens is 212 g/mol. The summed E-state index contributed by atoms with van der Waals surface area (Å²) in [5, 5.41) is 6.64. The lowest BCUT2D eigenvalue weighted by Gasteiger charge is -2.27. The van der Waals surface area contributed by atoms with Gasteiger partial charge >= 0.3 is 0 Å². The van der Waals surface area contributed by atoms with Gasteiger partial charge in [-0.15, -0.1) is 0 Å². The predicted octanol–water partition coefficient (Wildman–Crippen LogP) is 2.21. The van der Waals surface area contributed by atoms with Gasteiger partial charge in [-0.1, -0.05) is 26.2 Å². The van der Waals surface area contributed by atoms with Crippen LogP contribution in [0.2, 0.25) is 0 Å². The Balaban J connectivity index is 1.90. The van der Waals surface area contributed by atoms with Gasteiger partial charge in [-0.05, 0) is 38.0 Å². The van der Waals surface area contributed by atoms with Crippen LogP contribution in [-0.2, 0) is 4.79 Å². The summed E-state index contributed by atoms with van der Waals surface area (Å²) in [5.74, 6) is 0.938. The summed E-state index contributed by atoms with van der Waals surface area (Å²) >= 11 is 0. The smallest absolute Gasteiger partial charge is 0.237 e. The molecule has 3 nitrogen and oxygen atoms in total. The molecule has 3 atom stereocenters. The average Bonchev–Trinajstić information content (AvgIpc) is 2.63. The Hall–Kier alpha value is -0.570. The number of carbonyl (C=O) groups is 1. The topological polar surface area (TPSA) is 41.1 Å². The monoisotopic (exact) mass is 238 g/mol. The van der Waals surface area contributed by atoms with Gasteiger partial charge in [-0.3, -0.25) is 4.79 Å². The van der Waals surface area contributed by atoms with Crippen molar-refractivity contribution >= 4 is 5.91 Å². The van der Waals surface area contributed by atoms with Crippen LogP contribution in [0.4, 0.5) is 0 Å². The van der Waals surface area contributed by atoms with Crippen LogP contribution in [0, 0.1) is 5.92 Å². The first kappa shape index (κ1) is 12.9. The molecular formula is C14H26N2O. The zero-order valence-corrected chi connectivity index (χ0v) is 11.0. The van der Waals surface area contributed by atoms with Gasteiger partial charge in [0, 0.05) is 12.6 Å². The number of amides is 1. The summed E-state index contributed by atoms with van der Waals surface area (Å²) in [4.78, 5) is 11.9. The Morgan fingerprint density at radius 1 is 1.06 bits per heavy atom. The van der Waals surface area contributed by atoms with E-state index in [1.54, 1.807) is 0 Å². The molecule has 2 aliphatic rings. The van der Waals surface area contributed by atoms with E-state index in [1.165, 1.54) is 32.1 Å². The van der Waals surface area contributed by atoms with Crippen LogP contribution in [0.15, 0.2) is 0 Å². The quantitative estimate of drug-likeness (QED) is 0.724. The van der Waals surface area contributed by atoms with E-state index in [4.69, 9.17) is 0 Å². The summed E-state index contributed by atoms with van der Waals surface area (Å²) in [6.07, 6.45) is 9.89. The molecule has 0 spiro atoms. The van der Waals surface area contributed by atoms with Crippen molar-refractivity contribution in [3.8, 4) is 0 Å². The van der Waals surface area contributed by atoms with Crippen molar-refractivity contribution in [2.24, 2.45) is 5.92 Å². The van der Waals surface area contributed by atoms with Crippen LogP contribution < -0.4 is 10.6 Å². The normalized spacial score (nSPS) is 35.8. The molecule has 2 N–H and O–H groups in total. The van der Waals surface area contributed by atoms with Crippen molar-refractivity contribution in [2.75, 3.05) is 6.54 Å². The van der Waals surface area contributed by atoms with Crippen molar-refractivity contribution in [3.63, 3.8) is 0 Å². The van der Waals surface area contributed by atoms with Gasteiger partial charge in [0.1, 0.15) is 0 Å². The summed E-state index contributed by atoms with van der Waals surface area (Å²) in [5.41, 5.74) is 0. The second-order valence-electron chi connectivity index (χ2n) is 5.73. The first-order chi connectivity index (χ1) is 8.27. The van der Waals surface area contributed by atoms with Crippen LogP contribution in [0.25, 0.3) is 0 Å². The van der Waals surface area contributed by atoms with Crippen LogP contribution in [0.1, 0.15) is 58.3 Å². The highest BCUT2D eigenvalue weighted by Crippen LogP contribution is 2.24. The minimum atomic E-state index is 0.0584. The third kappa shape index (κ3) is 3.70. The Bertz CT molecular complexity index is 255. The van der Waals surface area contributed by atoms with Gasteiger partial charge < -0.3 is 10.6 Å². The SMILES string of the molecule is CC1CCCCCC1NC1CCCCNC1=O. The average molecular weight is 238 g/mol. The molecule has 1 aliphatic heterocycles. The summed E-state index contributed by atoms with van der Waals surface area (Å²) in [6.45, 7) is 3.19. The molecule has 1 heterocycles. The van der Waals surface area contributed by atoms with Gasteiger partial charge in [0.05, 0.1) is 6.04 Å². The van der Waals surface area contributed by atoms with E-state index in [0.29, 0.717) is 12.0 Å². The Kier molecular flexibility index (Phi) is 4.84. The lowest BCUT2D eigenvalue weighted by molar-refractivity contribution is -0.123. The van der Waals surface area contributed by atoms with E-state index >= 15 is 0 Å². The van der Waals surface area contributed by atoms with E-state index in [-0.39, 0.29) is 11.9 Å². The molecule has 17 heavy (non-hydrogen) atoms. The molecule has 3 unspecified atom stereocenters. The highest BCUT2D eigenvalue weighted by Gasteiger charge is 2.26.